The molecule has 0 saturated heterocycles. The van der Waals surface area contributed by atoms with Crippen LogP contribution in [0.4, 0.5) is 4.39 Å². The summed E-state index contributed by atoms with van der Waals surface area (Å²) in [6, 6.07) is 3.29. The number of nitrogens with one attached hydrogen (secondary N) is 1. The minimum atomic E-state index is -4.15. The van der Waals surface area contributed by atoms with Gasteiger partial charge in [-0.1, -0.05) is 0 Å². The number of hydrogen-bond donors (Lipinski definition) is 1. The molecule has 0 aliphatic rings. The van der Waals surface area contributed by atoms with Crippen molar-refractivity contribution in [1.29, 1.82) is 0 Å². The van der Waals surface area contributed by atoms with Gasteiger partial charge in [0.25, 0.3) is 15.7 Å². The summed E-state index contributed by atoms with van der Waals surface area (Å²) < 4.78 is 52.9. The summed E-state index contributed by atoms with van der Waals surface area (Å²) in [4.78, 5) is 41.3. The standard InChI is InChI=1S/C25H31FIN3O7S2/c1-13(2)28-22(32)24(4,5)30-20(31)18-14(3)19(27)38-21(18)29(23(30)33)12-25(6,37-39(8,34)35)16-11-15(26)9-10-17(16)36-7/h9-11,13H,12H2,1-8H3,(H,28,32)/t25-/m1/s1. The molecule has 0 fully saturated rings. The lowest BCUT2D eigenvalue weighted by Gasteiger charge is -2.32. The zero-order valence-electron chi connectivity index (χ0n) is 22.8. The van der Waals surface area contributed by atoms with E-state index in [9.17, 15) is 27.2 Å². The second kappa shape index (κ2) is 10.9. The number of halogens is 2. The lowest BCUT2D eigenvalue weighted by atomic mass is 9.94. The molecule has 39 heavy (non-hydrogen) atoms. The van der Waals surface area contributed by atoms with Crippen molar-refractivity contribution in [3.8, 4) is 5.75 Å². The molecule has 0 saturated carbocycles. The van der Waals surface area contributed by atoms with Crippen LogP contribution < -0.4 is 21.3 Å². The smallest absolute Gasteiger partial charge is 0.333 e. The van der Waals surface area contributed by atoms with Crippen molar-refractivity contribution >= 4 is 60.2 Å². The Balaban J connectivity index is 2.45. The van der Waals surface area contributed by atoms with Crippen LogP contribution in [0.15, 0.2) is 27.8 Å². The molecule has 1 amide bonds. The van der Waals surface area contributed by atoms with Gasteiger partial charge in [0.15, 0.2) is 0 Å². The maximum Gasteiger partial charge on any atom is 0.333 e. The number of aromatic nitrogens is 2. The molecular formula is C25H31FIN3O7S2. The zero-order chi connectivity index (χ0) is 29.7. The van der Waals surface area contributed by atoms with Gasteiger partial charge in [0.1, 0.15) is 27.5 Å². The first-order chi connectivity index (χ1) is 17.8. The molecule has 3 aromatic rings. The van der Waals surface area contributed by atoms with Gasteiger partial charge < -0.3 is 10.1 Å². The molecule has 14 heteroatoms. The van der Waals surface area contributed by atoms with Crippen molar-refractivity contribution < 1.29 is 26.5 Å². The third kappa shape index (κ3) is 6.07. The molecule has 214 valence electrons. The Morgan fingerprint density at radius 3 is 2.38 bits per heavy atom. The van der Waals surface area contributed by atoms with Crippen LogP contribution in [0, 0.1) is 15.6 Å². The molecule has 3 rings (SSSR count). The Morgan fingerprint density at radius 2 is 1.85 bits per heavy atom. The van der Waals surface area contributed by atoms with E-state index in [-0.39, 0.29) is 27.6 Å². The monoisotopic (exact) mass is 695 g/mol. The number of fused-ring (bicyclic) bond motifs is 1. The summed E-state index contributed by atoms with van der Waals surface area (Å²) in [6.45, 7) is 9.09. The van der Waals surface area contributed by atoms with E-state index in [1.165, 1.54) is 38.5 Å². The number of rotatable bonds is 9. The minimum absolute atomic E-state index is 0.0352. The average Bonchev–Trinajstić information content (AvgIpc) is 3.09. The van der Waals surface area contributed by atoms with Gasteiger partial charge in [-0.2, -0.15) is 8.42 Å². The Kier molecular flexibility index (Phi) is 8.76. The van der Waals surface area contributed by atoms with Gasteiger partial charge in [-0.3, -0.25) is 18.3 Å². The topological polar surface area (TPSA) is 126 Å². The van der Waals surface area contributed by atoms with E-state index in [1.807, 2.05) is 0 Å². The normalized spacial score (nSPS) is 14.0. The number of hydrogen-bond acceptors (Lipinski definition) is 8. The number of benzene rings is 1. The maximum atomic E-state index is 14.4. The Labute approximate surface area is 243 Å². The van der Waals surface area contributed by atoms with E-state index in [1.54, 1.807) is 20.8 Å². The van der Waals surface area contributed by atoms with E-state index in [4.69, 9.17) is 8.92 Å². The summed E-state index contributed by atoms with van der Waals surface area (Å²) in [5, 5.41) is 2.95. The number of carbonyl (C=O) groups excluding carboxylic acids is 1. The van der Waals surface area contributed by atoms with Crippen molar-refractivity contribution in [2.24, 2.45) is 0 Å². The van der Waals surface area contributed by atoms with Crippen LogP contribution >= 0.6 is 33.9 Å². The first kappa shape index (κ1) is 31.2. The molecule has 10 nitrogen and oxygen atoms in total. The predicted molar refractivity (Wildman–Crippen MR) is 157 cm³/mol. The Hall–Kier alpha value is -2.30. The van der Waals surface area contributed by atoms with Crippen molar-refractivity contribution in [3.63, 3.8) is 0 Å². The molecule has 0 aliphatic heterocycles. The third-order valence-electron chi connectivity index (χ3n) is 6.22. The molecule has 2 aromatic heterocycles. The van der Waals surface area contributed by atoms with Crippen molar-refractivity contribution in [2.75, 3.05) is 13.4 Å². The van der Waals surface area contributed by atoms with E-state index >= 15 is 0 Å². The molecule has 0 bridgehead atoms. The fourth-order valence-electron chi connectivity index (χ4n) is 4.38. The number of methoxy groups -OCH3 is 1. The second-order valence-electron chi connectivity index (χ2n) is 10.2. The summed E-state index contributed by atoms with van der Waals surface area (Å²) in [5.41, 5.74) is -4.33. The van der Waals surface area contributed by atoms with E-state index in [2.05, 4.69) is 27.9 Å². The molecule has 2 heterocycles. The number of nitrogens with zero attached hydrogens (tertiary/aromatic N) is 2. The molecule has 1 atom stereocenters. The highest BCUT2D eigenvalue weighted by Gasteiger charge is 2.40. The van der Waals surface area contributed by atoms with Crippen LogP contribution in [0.25, 0.3) is 10.2 Å². The lowest BCUT2D eigenvalue weighted by Crippen LogP contribution is -2.57. The highest BCUT2D eigenvalue weighted by molar-refractivity contribution is 14.1. The second-order valence-corrected chi connectivity index (χ2v) is 14.6. The number of amides is 1. The van der Waals surface area contributed by atoms with E-state index < -0.39 is 50.8 Å². The van der Waals surface area contributed by atoms with Crippen LogP contribution in [0.3, 0.4) is 0 Å². The van der Waals surface area contributed by atoms with Crippen LogP contribution in [0.5, 0.6) is 5.75 Å². The molecule has 0 aliphatic carbocycles. The molecule has 0 spiro atoms. The van der Waals surface area contributed by atoms with Crippen molar-refractivity contribution in [2.45, 2.75) is 65.3 Å². The fraction of sp³-hybridized carbons (Fsp3) is 0.480. The van der Waals surface area contributed by atoms with Crippen LogP contribution in [0.2, 0.25) is 0 Å². The first-order valence-electron chi connectivity index (χ1n) is 11.8. The number of aryl methyl sites for hydroxylation is 1. The summed E-state index contributed by atoms with van der Waals surface area (Å²) in [6.07, 6.45) is 0.841. The summed E-state index contributed by atoms with van der Waals surface area (Å²) >= 11 is 3.21. The van der Waals surface area contributed by atoms with Gasteiger partial charge in [0.2, 0.25) is 5.91 Å². The van der Waals surface area contributed by atoms with Gasteiger partial charge in [-0.15, -0.1) is 11.3 Å². The highest BCUT2D eigenvalue weighted by atomic mass is 127. The van der Waals surface area contributed by atoms with E-state index in [0.717, 1.165) is 37.2 Å². The molecule has 1 N–H and O–H groups in total. The predicted octanol–water partition coefficient (Wildman–Crippen LogP) is 3.44. The quantitative estimate of drug-likeness (QED) is 0.269. The van der Waals surface area contributed by atoms with Crippen LogP contribution in [-0.4, -0.2) is 42.9 Å². The molecule has 1 aromatic carbocycles. The first-order valence-corrected chi connectivity index (χ1v) is 15.6. The molecule has 0 unspecified atom stereocenters. The van der Waals surface area contributed by atoms with Gasteiger partial charge in [0, 0.05) is 11.6 Å². The SMILES string of the molecule is COc1ccc(F)cc1[C@@](C)(Cn1c(=O)n(C(C)(C)C(=O)NC(C)C)c(=O)c2c(C)c(I)sc21)OS(C)(=O)=O. The average molecular weight is 696 g/mol. The van der Waals surface area contributed by atoms with Crippen LogP contribution in [-0.2, 0) is 36.8 Å². The summed E-state index contributed by atoms with van der Waals surface area (Å²) in [7, 11) is -2.82. The molecular weight excluding hydrogens is 664 g/mol. The van der Waals surface area contributed by atoms with Crippen molar-refractivity contribution in [1.82, 2.24) is 14.5 Å². The van der Waals surface area contributed by atoms with Crippen molar-refractivity contribution in [3.05, 3.63) is 58.9 Å². The van der Waals surface area contributed by atoms with Gasteiger partial charge >= 0.3 is 5.69 Å². The maximum absolute atomic E-state index is 14.4. The minimum Gasteiger partial charge on any atom is -0.496 e. The summed E-state index contributed by atoms with van der Waals surface area (Å²) in [5.74, 6) is -1.09. The lowest BCUT2D eigenvalue weighted by molar-refractivity contribution is -0.129. The number of carbonyl (C=O) groups is 1. The number of thiophene rings is 1. The zero-order valence-corrected chi connectivity index (χ0v) is 26.6. The fourth-order valence-corrected chi connectivity index (χ4v) is 7.10. The van der Waals surface area contributed by atoms with Crippen LogP contribution in [0.1, 0.15) is 45.7 Å². The Morgan fingerprint density at radius 1 is 1.23 bits per heavy atom. The Bertz CT molecular complexity index is 1680. The third-order valence-corrected chi connectivity index (χ3v) is 9.46. The van der Waals surface area contributed by atoms with Gasteiger partial charge in [-0.25, -0.2) is 13.8 Å². The number of ether oxygens (including phenoxy) is 1. The van der Waals surface area contributed by atoms with Gasteiger partial charge in [0.05, 0.1) is 28.2 Å². The van der Waals surface area contributed by atoms with Gasteiger partial charge in [-0.05, 0) is 87.9 Å². The highest BCUT2D eigenvalue weighted by Crippen LogP contribution is 2.38. The van der Waals surface area contributed by atoms with E-state index in [0.29, 0.717) is 5.56 Å². The molecule has 0 radical (unpaired) electrons. The largest absolute Gasteiger partial charge is 0.496 e.